The highest BCUT2D eigenvalue weighted by molar-refractivity contribution is 5.91. The van der Waals surface area contributed by atoms with E-state index in [0.29, 0.717) is 6.61 Å². The number of hydrogen-bond donors (Lipinski definition) is 2. The molecule has 0 fully saturated rings. The van der Waals surface area contributed by atoms with Gasteiger partial charge in [0.05, 0.1) is 6.61 Å². The molecule has 3 aromatic rings. The maximum atomic E-state index is 12.4. The number of fused-ring (bicyclic) bond motifs is 1. The minimum Gasteiger partial charge on any atom is -0.464 e. The van der Waals surface area contributed by atoms with Crippen LogP contribution in [0.15, 0.2) is 60.8 Å². The summed E-state index contributed by atoms with van der Waals surface area (Å²) in [7, 11) is 0. The number of esters is 1. The number of rotatable bonds is 5. The lowest BCUT2D eigenvalue weighted by Gasteiger charge is -2.18. The van der Waals surface area contributed by atoms with Gasteiger partial charge in [-0.05, 0) is 25.1 Å². The van der Waals surface area contributed by atoms with Gasteiger partial charge >= 0.3 is 5.97 Å². The van der Waals surface area contributed by atoms with Crippen LogP contribution in [0, 0.1) is 0 Å². The fourth-order valence-electron chi connectivity index (χ4n) is 2.52. The topological polar surface area (TPSA) is 54.1 Å². The van der Waals surface area contributed by atoms with E-state index in [4.69, 9.17) is 4.74 Å². The van der Waals surface area contributed by atoms with Crippen LogP contribution < -0.4 is 5.32 Å². The van der Waals surface area contributed by atoms with Crippen LogP contribution in [0.2, 0.25) is 0 Å². The molecule has 1 atom stereocenters. The molecule has 112 valence electrons. The first-order valence-corrected chi connectivity index (χ1v) is 7.34. The normalized spacial score (nSPS) is 12.0. The number of benzene rings is 2. The minimum atomic E-state index is -0.543. The first kappa shape index (κ1) is 14.2. The van der Waals surface area contributed by atoms with E-state index in [1.54, 1.807) is 0 Å². The van der Waals surface area contributed by atoms with Crippen LogP contribution >= 0.6 is 0 Å². The number of aromatic nitrogens is 1. The van der Waals surface area contributed by atoms with Crippen LogP contribution in [0.4, 0.5) is 5.69 Å². The number of aromatic amines is 1. The Hall–Kier alpha value is -2.75. The van der Waals surface area contributed by atoms with Crippen LogP contribution in [-0.4, -0.2) is 17.6 Å². The van der Waals surface area contributed by atoms with Crippen molar-refractivity contribution in [2.45, 2.75) is 13.0 Å². The van der Waals surface area contributed by atoms with Gasteiger partial charge in [0.25, 0.3) is 0 Å². The second-order valence-electron chi connectivity index (χ2n) is 4.99. The molecule has 0 aliphatic carbocycles. The van der Waals surface area contributed by atoms with Crippen LogP contribution in [0.25, 0.3) is 10.9 Å². The number of carbonyl (C=O) groups excluding carboxylic acids is 1. The average Bonchev–Trinajstić information content (AvgIpc) is 2.97. The quantitative estimate of drug-likeness (QED) is 0.702. The summed E-state index contributed by atoms with van der Waals surface area (Å²) in [6.45, 7) is 2.17. The maximum Gasteiger partial charge on any atom is 0.333 e. The van der Waals surface area contributed by atoms with Crippen molar-refractivity contribution in [3.05, 3.63) is 66.4 Å². The summed E-state index contributed by atoms with van der Waals surface area (Å²) in [6, 6.07) is 17.0. The van der Waals surface area contributed by atoms with E-state index in [1.807, 2.05) is 67.7 Å². The second-order valence-corrected chi connectivity index (χ2v) is 4.99. The molecule has 0 unspecified atom stereocenters. The Labute approximate surface area is 129 Å². The van der Waals surface area contributed by atoms with Gasteiger partial charge in [-0.3, -0.25) is 0 Å². The summed E-state index contributed by atoms with van der Waals surface area (Å²) in [5.41, 5.74) is 2.77. The standard InChI is InChI=1S/C18H18N2O2/c1-2-22-18(21)17(20-13-8-4-3-5-9-13)15-12-19-16-11-7-6-10-14(15)16/h3-12,17,19-20H,2H2,1H3/t17-/m0/s1. The Morgan fingerprint density at radius 3 is 2.64 bits per heavy atom. The smallest absolute Gasteiger partial charge is 0.333 e. The first-order chi connectivity index (χ1) is 10.8. The lowest BCUT2D eigenvalue weighted by atomic mass is 10.1. The first-order valence-electron chi connectivity index (χ1n) is 7.34. The molecular formula is C18H18N2O2. The number of carbonyl (C=O) groups is 1. The van der Waals surface area contributed by atoms with Crippen molar-refractivity contribution in [1.82, 2.24) is 4.98 Å². The van der Waals surface area contributed by atoms with Gasteiger partial charge < -0.3 is 15.0 Å². The van der Waals surface area contributed by atoms with Crippen molar-refractivity contribution < 1.29 is 9.53 Å². The predicted octanol–water partition coefficient (Wildman–Crippen LogP) is 3.88. The van der Waals surface area contributed by atoms with E-state index in [1.165, 1.54) is 0 Å². The van der Waals surface area contributed by atoms with Crippen molar-refractivity contribution in [2.75, 3.05) is 11.9 Å². The fraction of sp³-hybridized carbons (Fsp3) is 0.167. The molecule has 0 radical (unpaired) electrons. The number of para-hydroxylation sites is 2. The van der Waals surface area contributed by atoms with Crippen molar-refractivity contribution in [1.29, 1.82) is 0 Å². The van der Waals surface area contributed by atoms with Crippen molar-refractivity contribution in [3.8, 4) is 0 Å². The molecule has 1 aromatic heterocycles. The molecule has 0 aliphatic rings. The van der Waals surface area contributed by atoms with E-state index in [-0.39, 0.29) is 5.97 Å². The van der Waals surface area contributed by atoms with Gasteiger partial charge in [-0.1, -0.05) is 36.4 Å². The number of ether oxygens (including phenoxy) is 1. The Bertz CT molecular complexity index is 765. The van der Waals surface area contributed by atoms with Gasteiger partial charge in [-0.25, -0.2) is 4.79 Å². The zero-order valence-corrected chi connectivity index (χ0v) is 12.4. The monoisotopic (exact) mass is 294 g/mol. The van der Waals surface area contributed by atoms with Gasteiger partial charge in [0.15, 0.2) is 6.04 Å². The Kier molecular flexibility index (Phi) is 4.10. The Balaban J connectivity index is 1.99. The van der Waals surface area contributed by atoms with Gasteiger partial charge in [0.2, 0.25) is 0 Å². The third-order valence-electron chi connectivity index (χ3n) is 3.54. The molecule has 0 amide bonds. The maximum absolute atomic E-state index is 12.4. The van der Waals surface area contributed by atoms with Crippen molar-refractivity contribution in [2.24, 2.45) is 0 Å². The molecule has 22 heavy (non-hydrogen) atoms. The molecule has 4 nitrogen and oxygen atoms in total. The molecule has 0 bridgehead atoms. The second kappa shape index (κ2) is 6.35. The zero-order valence-electron chi connectivity index (χ0n) is 12.4. The summed E-state index contributed by atoms with van der Waals surface area (Å²) in [4.78, 5) is 15.6. The summed E-state index contributed by atoms with van der Waals surface area (Å²) >= 11 is 0. The van der Waals surface area contributed by atoms with Crippen molar-refractivity contribution >= 4 is 22.6 Å². The molecule has 0 saturated carbocycles. The van der Waals surface area contributed by atoms with Crippen molar-refractivity contribution in [3.63, 3.8) is 0 Å². The minimum absolute atomic E-state index is 0.281. The predicted molar refractivity (Wildman–Crippen MR) is 87.7 cm³/mol. The summed E-state index contributed by atoms with van der Waals surface area (Å²) in [5, 5.41) is 4.28. The fourth-order valence-corrected chi connectivity index (χ4v) is 2.52. The highest BCUT2D eigenvalue weighted by Gasteiger charge is 2.24. The molecular weight excluding hydrogens is 276 g/mol. The average molecular weight is 294 g/mol. The Morgan fingerprint density at radius 2 is 1.86 bits per heavy atom. The number of H-pyrrole nitrogens is 1. The highest BCUT2D eigenvalue weighted by Crippen LogP contribution is 2.28. The molecule has 4 heteroatoms. The molecule has 2 N–H and O–H groups in total. The molecule has 2 aromatic carbocycles. The van der Waals surface area contributed by atoms with Crippen LogP contribution in [0.1, 0.15) is 18.5 Å². The molecule has 0 aliphatic heterocycles. The highest BCUT2D eigenvalue weighted by atomic mass is 16.5. The van der Waals surface area contributed by atoms with Gasteiger partial charge in [0.1, 0.15) is 0 Å². The van der Waals surface area contributed by atoms with E-state index in [2.05, 4.69) is 10.3 Å². The third-order valence-corrected chi connectivity index (χ3v) is 3.54. The van der Waals surface area contributed by atoms with Gasteiger partial charge in [-0.2, -0.15) is 0 Å². The van der Waals surface area contributed by atoms with Crippen LogP contribution in [0.5, 0.6) is 0 Å². The molecule has 1 heterocycles. The van der Waals surface area contributed by atoms with Crippen LogP contribution in [-0.2, 0) is 9.53 Å². The number of anilines is 1. The van der Waals surface area contributed by atoms with E-state index in [9.17, 15) is 4.79 Å². The SMILES string of the molecule is CCOC(=O)[C@@H](Nc1ccccc1)c1c[nH]c2ccccc12. The largest absolute Gasteiger partial charge is 0.464 e. The lowest BCUT2D eigenvalue weighted by molar-refractivity contribution is -0.144. The molecule has 0 saturated heterocycles. The van der Waals surface area contributed by atoms with E-state index in [0.717, 1.165) is 22.2 Å². The summed E-state index contributed by atoms with van der Waals surface area (Å²) < 4.78 is 5.23. The van der Waals surface area contributed by atoms with E-state index >= 15 is 0 Å². The zero-order chi connectivity index (χ0) is 15.4. The number of hydrogen-bond acceptors (Lipinski definition) is 3. The third kappa shape index (κ3) is 2.81. The lowest BCUT2D eigenvalue weighted by Crippen LogP contribution is -2.23. The van der Waals surface area contributed by atoms with Crippen LogP contribution in [0.3, 0.4) is 0 Å². The van der Waals surface area contributed by atoms with Gasteiger partial charge in [-0.15, -0.1) is 0 Å². The van der Waals surface area contributed by atoms with E-state index < -0.39 is 6.04 Å². The summed E-state index contributed by atoms with van der Waals surface area (Å²) in [5.74, 6) is -0.281. The molecule has 0 spiro atoms. The molecule has 3 rings (SSSR count). The number of nitrogens with one attached hydrogen (secondary N) is 2. The van der Waals surface area contributed by atoms with Gasteiger partial charge in [0, 0.05) is 28.4 Å². The Morgan fingerprint density at radius 1 is 1.14 bits per heavy atom. The summed E-state index contributed by atoms with van der Waals surface area (Å²) in [6.07, 6.45) is 1.86.